The number of nitrogens with two attached hydrogens (primary N) is 1. The van der Waals surface area contributed by atoms with Gasteiger partial charge in [-0.2, -0.15) is 0 Å². The summed E-state index contributed by atoms with van der Waals surface area (Å²) in [6, 6.07) is 1.91. The van der Waals surface area contributed by atoms with Gasteiger partial charge in [-0.15, -0.1) is 10.2 Å². The summed E-state index contributed by atoms with van der Waals surface area (Å²) in [4.78, 5) is 4.40. The van der Waals surface area contributed by atoms with Gasteiger partial charge in [-0.25, -0.2) is 4.98 Å². The summed E-state index contributed by atoms with van der Waals surface area (Å²) in [5, 5.41) is 8.31. The predicted octanol–water partition coefficient (Wildman–Crippen LogP) is 0.257. The van der Waals surface area contributed by atoms with Crippen LogP contribution in [0.1, 0.15) is 17.3 Å². The number of ether oxygens (including phenoxy) is 1. The Morgan fingerprint density at radius 2 is 2.18 bits per heavy atom. The van der Waals surface area contributed by atoms with Gasteiger partial charge in [0.05, 0.1) is 6.10 Å². The SMILES string of the molecule is COC(CN)Cc1nnc2cc(C)nc(C)n12. The first-order valence-electron chi connectivity index (χ1n) is 5.56. The van der Waals surface area contributed by atoms with Crippen LogP contribution in [-0.2, 0) is 11.2 Å². The van der Waals surface area contributed by atoms with Gasteiger partial charge in [0.15, 0.2) is 5.65 Å². The van der Waals surface area contributed by atoms with Crippen LogP contribution in [0.3, 0.4) is 0 Å². The molecule has 0 aliphatic rings. The van der Waals surface area contributed by atoms with E-state index < -0.39 is 0 Å². The number of hydrogen-bond acceptors (Lipinski definition) is 5. The minimum absolute atomic E-state index is 0.0388. The molecular formula is C11H17N5O. The van der Waals surface area contributed by atoms with E-state index in [1.165, 1.54) is 0 Å². The first kappa shape index (κ1) is 11.9. The number of aryl methyl sites for hydroxylation is 2. The van der Waals surface area contributed by atoms with Gasteiger partial charge < -0.3 is 10.5 Å². The van der Waals surface area contributed by atoms with E-state index in [4.69, 9.17) is 10.5 Å². The molecule has 17 heavy (non-hydrogen) atoms. The monoisotopic (exact) mass is 235 g/mol. The lowest BCUT2D eigenvalue weighted by Gasteiger charge is -2.11. The standard InChI is InChI=1S/C11H17N5O/c1-7-4-10-14-15-11(5-9(6-12)17-3)16(10)8(2)13-7/h4,9H,5-6,12H2,1-3H3. The highest BCUT2D eigenvalue weighted by Gasteiger charge is 2.14. The number of aromatic nitrogens is 4. The molecule has 0 radical (unpaired) electrons. The third-order valence-corrected chi connectivity index (χ3v) is 2.76. The molecule has 0 aliphatic heterocycles. The Kier molecular flexibility index (Phi) is 3.35. The Hall–Kier alpha value is -1.53. The van der Waals surface area contributed by atoms with Gasteiger partial charge in [0, 0.05) is 31.8 Å². The quantitative estimate of drug-likeness (QED) is 0.822. The molecule has 0 aliphatic carbocycles. The maximum atomic E-state index is 5.61. The van der Waals surface area contributed by atoms with Gasteiger partial charge in [0.25, 0.3) is 0 Å². The Morgan fingerprint density at radius 1 is 1.41 bits per heavy atom. The fourth-order valence-corrected chi connectivity index (χ4v) is 1.90. The Balaban J connectivity index is 2.42. The number of fused-ring (bicyclic) bond motifs is 1. The summed E-state index contributed by atoms with van der Waals surface area (Å²) in [6.45, 7) is 4.35. The lowest BCUT2D eigenvalue weighted by atomic mass is 10.2. The molecule has 2 aromatic heterocycles. The smallest absolute Gasteiger partial charge is 0.164 e. The van der Waals surface area contributed by atoms with Crippen molar-refractivity contribution in [2.75, 3.05) is 13.7 Å². The molecule has 0 amide bonds. The lowest BCUT2D eigenvalue weighted by molar-refractivity contribution is 0.108. The topological polar surface area (TPSA) is 78.3 Å². The van der Waals surface area contributed by atoms with Gasteiger partial charge in [0.2, 0.25) is 0 Å². The minimum Gasteiger partial charge on any atom is -0.380 e. The van der Waals surface area contributed by atoms with Gasteiger partial charge in [0.1, 0.15) is 11.6 Å². The first-order chi connectivity index (χ1) is 8.15. The van der Waals surface area contributed by atoms with Gasteiger partial charge in [-0.1, -0.05) is 0 Å². The van der Waals surface area contributed by atoms with Crippen molar-refractivity contribution in [3.63, 3.8) is 0 Å². The highest BCUT2D eigenvalue weighted by atomic mass is 16.5. The highest BCUT2D eigenvalue weighted by Crippen LogP contribution is 2.10. The largest absolute Gasteiger partial charge is 0.380 e. The van der Waals surface area contributed by atoms with E-state index in [-0.39, 0.29) is 6.10 Å². The molecule has 1 unspecified atom stereocenters. The fraction of sp³-hybridized carbons (Fsp3) is 0.545. The van der Waals surface area contributed by atoms with Crippen LogP contribution in [-0.4, -0.2) is 39.3 Å². The second-order valence-corrected chi connectivity index (χ2v) is 4.05. The molecule has 92 valence electrons. The van der Waals surface area contributed by atoms with Crippen LogP contribution >= 0.6 is 0 Å². The average Bonchev–Trinajstić information content (AvgIpc) is 2.69. The van der Waals surface area contributed by atoms with E-state index in [1.807, 2.05) is 24.3 Å². The molecule has 0 saturated carbocycles. The van der Waals surface area contributed by atoms with Crippen molar-refractivity contribution in [1.29, 1.82) is 0 Å². The number of methoxy groups -OCH3 is 1. The minimum atomic E-state index is -0.0388. The molecule has 2 rings (SSSR count). The lowest BCUT2D eigenvalue weighted by Crippen LogP contribution is -2.25. The summed E-state index contributed by atoms with van der Waals surface area (Å²) < 4.78 is 7.20. The van der Waals surface area contributed by atoms with E-state index in [1.54, 1.807) is 7.11 Å². The Labute approximate surface area is 99.8 Å². The number of rotatable bonds is 4. The molecule has 6 nitrogen and oxygen atoms in total. The zero-order chi connectivity index (χ0) is 12.4. The second kappa shape index (κ2) is 4.77. The molecule has 0 bridgehead atoms. The summed E-state index contributed by atoms with van der Waals surface area (Å²) in [5.74, 6) is 1.72. The van der Waals surface area contributed by atoms with E-state index in [9.17, 15) is 0 Å². The molecule has 2 N–H and O–H groups in total. The second-order valence-electron chi connectivity index (χ2n) is 4.05. The molecule has 2 aromatic rings. The van der Waals surface area contributed by atoms with Crippen molar-refractivity contribution in [1.82, 2.24) is 19.6 Å². The van der Waals surface area contributed by atoms with Gasteiger partial charge in [-0.05, 0) is 13.8 Å². The zero-order valence-corrected chi connectivity index (χ0v) is 10.3. The average molecular weight is 235 g/mol. The van der Waals surface area contributed by atoms with Crippen molar-refractivity contribution in [2.45, 2.75) is 26.4 Å². The van der Waals surface area contributed by atoms with Crippen molar-refractivity contribution in [3.8, 4) is 0 Å². The van der Waals surface area contributed by atoms with Crippen LogP contribution in [0, 0.1) is 13.8 Å². The van der Waals surface area contributed by atoms with Crippen molar-refractivity contribution in [3.05, 3.63) is 23.4 Å². The maximum Gasteiger partial charge on any atom is 0.164 e. The molecule has 2 heterocycles. The zero-order valence-electron chi connectivity index (χ0n) is 10.3. The summed E-state index contributed by atoms with van der Waals surface area (Å²) in [7, 11) is 1.65. The molecule has 0 aromatic carbocycles. The molecule has 0 fully saturated rings. The van der Waals surface area contributed by atoms with Crippen LogP contribution in [0.25, 0.3) is 5.65 Å². The molecular weight excluding hydrogens is 218 g/mol. The van der Waals surface area contributed by atoms with Crippen LogP contribution in [0.2, 0.25) is 0 Å². The van der Waals surface area contributed by atoms with E-state index in [2.05, 4.69) is 15.2 Å². The summed E-state index contributed by atoms with van der Waals surface area (Å²) in [5.41, 5.74) is 7.37. The molecule has 0 saturated heterocycles. The van der Waals surface area contributed by atoms with Crippen molar-refractivity contribution >= 4 is 5.65 Å². The molecule has 1 atom stereocenters. The van der Waals surface area contributed by atoms with Crippen molar-refractivity contribution in [2.24, 2.45) is 5.73 Å². The number of hydrogen-bond donors (Lipinski definition) is 1. The van der Waals surface area contributed by atoms with Crippen LogP contribution < -0.4 is 5.73 Å². The summed E-state index contributed by atoms with van der Waals surface area (Å²) in [6.07, 6.45) is 0.600. The first-order valence-corrected chi connectivity index (χ1v) is 5.56. The van der Waals surface area contributed by atoms with E-state index >= 15 is 0 Å². The maximum absolute atomic E-state index is 5.61. The number of nitrogens with zero attached hydrogens (tertiary/aromatic N) is 4. The van der Waals surface area contributed by atoms with E-state index in [0.29, 0.717) is 13.0 Å². The van der Waals surface area contributed by atoms with Gasteiger partial charge in [-0.3, -0.25) is 4.40 Å². The molecule has 0 spiro atoms. The fourth-order valence-electron chi connectivity index (χ4n) is 1.90. The third kappa shape index (κ3) is 2.27. The Morgan fingerprint density at radius 3 is 2.82 bits per heavy atom. The van der Waals surface area contributed by atoms with Crippen LogP contribution in [0.4, 0.5) is 0 Å². The van der Waals surface area contributed by atoms with Gasteiger partial charge >= 0.3 is 0 Å². The van der Waals surface area contributed by atoms with Crippen LogP contribution in [0.5, 0.6) is 0 Å². The van der Waals surface area contributed by atoms with E-state index in [0.717, 1.165) is 23.0 Å². The Bertz CT molecular complexity index is 518. The molecule has 6 heteroatoms. The normalized spacial score (nSPS) is 13.2. The third-order valence-electron chi connectivity index (χ3n) is 2.76. The van der Waals surface area contributed by atoms with Crippen molar-refractivity contribution < 1.29 is 4.74 Å². The predicted molar refractivity (Wildman–Crippen MR) is 63.8 cm³/mol. The van der Waals surface area contributed by atoms with Crippen LogP contribution in [0.15, 0.2) is 6.07 Å². The highest BCUT2D eigenvalue weighted by molar-refractivity contribution is 5.39. The summed E-state index contributed by atoms with van der Waals surface area (Å²) >= 11 is 0.